The predicted molar refractivity (Wildman–Crippen MR) is 71.3 cm³/mol. The highest BCUT2D eigenvalue weighted by atomic mass is 32.2. The lowest BCUT2D eigenvalue weighted by atomic mass is 9.95. The molecule has 0 saturated carbocycles. The zero-order valence-corrected chi connectivity index (χ0v) is 11.6. The summed E-state index contributed by atoms with van der Waals surface area (Å²) in [5.41, 5.74) is 0. The quantitative estimate of drug-likeness (QED) is 0.643. The van der Waals surface area contributed by atoms with Crippen molar-refractivity contribution >= 4 is 11.8 Å². The molecule has 1 saturated heterocycles. The molecule has 5 heteroatoms. The first-order chi connectivity index (χ1) is 8.15. The number of hydrogen-bond donors (Lipinski definition) is 3. The SMILES string of the molecule is CCCCN1C[C@H](SCC)[C@@H](O)[C@H](O)C1CO. The van der Waals surface area contributed by atoms with Crippen LogP contribution in [0.25, 0.3) is 0 Å². The van der Waals surface area contributed by atoms with Gasteiger partial charge in [0.2, 0.25) is 0 Å². The lowest BCUT2D eigenvalue weighted by Crippen LogP contribution is -2.61. The van der Waals surface area contributed by atoms with Gasteiger partial charge in [-0.2, -0.15) is 11.8 Å². The van der Waals surface area contributed by atoms with E-state index in [1.807, 2.05) is 0 Å². The Balaban J connectivity index is 2.65. The summed E-state index contributed by atoms with van der Waals surface area (Å²) in [7, 11) is 0. The van der Waals surface area contributed by atoms with Crippen LogP contribution >= 0.6 is 11.8 Å². The zero-order valence-electron chi connectivity index (χ0n) is 10.7. The summed E-state index contributed by atoms with van der Waals surface area (Å²) in [6.07, 6.45) is 0.589. The lowest BCUT2D eigenvalue weighted by Gasteiger charge is -2.44. The van der Waals surface area contributed by atoms with Gasteiger partial charge in [-0.15, -0.1) is 0 Å². The molecule has 1 fully saturated rings. The second kappa shape index (κ2) is 7.59. The van der Waals surface area contributed by atoms with Gasteiger partial charge in [0.05, 0.1) is 24.9 Å². The summed E-state index contributed by atoms with van der Waals surface area (Å²) in [6.45, 7) is 5.72. The molecule has 0 aliphatic carbocycles. The third-order valence-electron chi connectivity index (χ3n) is 3.38. The Morgan fingerprint density at radius 3 is 2.47 bits per heavy atom. The smallest absolute Gasteiger partial charge is 0.0987 e. The van der Waals surface area contributed by atoms with Gasteiger partial charge in [-0.05, 0) is 18.7 Å². The van der Waals surface area contributed by atoms with Gasteiger partial charge < -0.3 is 15.3 Å². The van der Waals surface area contributed by atoms with Crippen LogP contribution in [0.3, 0.4) is 0 Å². The Labute approximate surface area is 108 Å². The molecule has 0 bridgehead atoms. The molecule has 1 aliphatic rings. The Hall–Kier alpha value is 0.190. The molecule has 0 aromatic heterocycles. The molecule has 1 heterocycles. The average Bonchev–Trinajstić information content (AvgIpc) is 2.33. The van der Waals surface area contributed by atoms with Crippen molar-refractivity contribution in [3.05, 3.63) is 0 Å². The van der Waals surface area contributed by atoms with Crippen LogP contribution in [0.4, 0.5) is 0 Å². The molecule has 0 aromatic carbocycles. The third kappa shape index (κ3) is 3.83. The number of aliphatic hydroxyl groups excluding tert-OH is 3. The van der Waals surface area contributed by atoms with Gasteiger partial charge in [-0.25, -0.2) is 0 Å². The van der Waals surface area contributed by atoms with Crippen molar-refractivity contribution in [3.63, 3.8) is 0 Å². The summed E-state index contributed by atoms with van der Waals surface area (Å²) in [5, 5.41) is 29.4. The maximum absolute atomic E-state index is 10.0. The van der Waals surface area contributed by atoms with Crippen LogP contribution in [0.1, 0.15) is 26.7 Å². The van der Waals surface area contributed by atoms with Gasteiger partial charge in [-0.3, -0.25) is 4.90 Å². The van der Waals surface area contributed by atoms with E-state index in [1.165, 1.54) is 0 Å². The highest BCUT2D eigenvalue weighted by Crippen LogP contribution is 2.27. The monoisotopic (exact) mass is 263 g/mol. The normalized spacial score (nSPS) is 35.1. The summed E-state index contributed by atoms with van der Waals surface area (Å²) in [4.78, 5) is 2.12. The molecule has 0 spiro atoms. The predicted octanol–water partition coefficient (Wildman–Crippen LogP) is 0.306. The van der Waals surface area contributed by atoms with Gasteiger partial charge in [-0.1, -0.05) is 20.3 Å². The molecule has 1 rings (SSSR count). The molecule has 0 radical (unpaired) electrons. The van der Waals surface area contributed by atoms with Crippen LogP contribution in [-0.2, 0) is 0 Å². The number of thioether (sulfide) groups is 1. The molecular weight excluding hydrogens is 238 g/mol. The van der Waals surface area contributed by atoms with Crippen LogP contribution < -0.4 is 0 Å². The summed E-state index contributed by atoms with van der Waals surface area (Å²) >= 11 is 1.68. The lowest BCUT2D eigenvalue weighted by molar-refractivity contribution is -0.0858. The average molecular weight is 263 g/mol. The minimum atomic E-state index is -0.838. The Bertz CT molecular complexity index is 216. The van der Waals surface area contributed by atoms with Crippen molar-refractivity contribution in [2.45, 2.75) is 50.2 Å². The first kappa shape index (κ1) is 15.2. The molecule has 17 heavy (non-hydrogen) atoms. The van der Waals surface area contributed by atoms with Crippen molar-refractivity contribution in [3.8, 4) is 0 Å². The summed E-state index contributed by atoms with van der Waals surface area (Å²) in [5.74, 6) is 0.930. The van der Waals surface area contributed by atoms with Crippen molar-refractivity contribution in [1.29, 1.82) is 0 Å². The maximum atomic E-state index is 10.0. The molecule has 0 amide bonds. The second-order valence-electron chi connectivity index (χ2n) is 4.57. The highest BCUT2D eigenvalue weighted by molar-refractivity contribution is 7.99. The van der Waals surface area contributed by atoms with Crippen molar-refractivity contribution in [2.75, 3.05) is 25.4 Å². The first-order valence-electron chi connectivity index (χ1n) is 6.48. The number of piperidine rings is 1. The number of nitrogens with zero attached hydrogens (tertiary/aromatic N) is 1. The van der Waals surface area contributed by atoms with E-state index in [0.717, 1.165) is 31.7 Å². The van der Waals surface area contributed by atoms with Gasteiger partial charge in [0.1, 0.15) is 0 Å². The minimum absolute atomic E-state index is 0.0506. The van der Waals surface area contributed by atoms with Crippen molar-refractivity contribution in [1.82, 2.24) is 4.90 Å². The topological polar surface area (TPSA) is 63.9 Å². The van der Waals surface area contributed by atoms with Crippen LogP contribution in [0.5, 0.6) is 0 Å². The van der Waals surface area contributed by atoms with Gasteiger partial charge in [0.15, 0.2) is 0 Å². The van der Waals surface area contributed by atoms with Gasteiger partial charge in [0, 0.05) is 11.8 Å². The van der Waals surface area contributed by atoms with E-state index in [1.54, 1.807) is 11.8 Å². The van der Waals surface area contributed by atoms with E-state index in [0.29, 0.717) is 0 Å². The van der Waals surface area contributed by atoms with E-state index in [-0.39, 0.29) is 17.9 Å². The van der Waals surface area contributed by atoms with Gasteiger partial charge in [0.25, 0.3) is 0 Å². The van der Waals surface area contributed by atoms with E-state index in [9.17, 15) is 15.3 Å². The summed E-state index contributed by atoms with van der Waals surface area (Å²) < 4.78 is 0. The Kier molecular flexibility index (Phi) is 6.80. The van der Waals surface area contributed by atoms with Crippen molar-refractivity contribution in [2.24, 2.45) is 0 Å². The highest BCUT2D eigenvalue weighted by Gasteiger charge is 2.41. The summed E-state index contributed by atoms with van der Waals surface area (Å²) in [6, 6.07) is -0.315. The van der Waals surface area contributed by atoms with Crippen LogP contribution in [0.15, 0.2) is 0 Å². The van der Waals surface area contributed by atoms with E-state index in [2.05, 4.69) is 18.7 Å². The third-order valence-corrected chi connectivity index (χ3v) is 4.56. The molecule has 4 nitrogen and oxygen atoms in total. The molecule has 1 unspecified atom stereocenters. The fourth-order valence-corrected chi connectivity index (χ4v) is 3.43. The minimum Gasteiger partial charge on any atom is -0.395 e. The second-order valence-corrected chi connectivity index (χ2v) is 6.09. The Morgan fingerprint density at radius 1 is 1.24 bits per heavy atom. The Morgan fingerprint density at radius 2 is 1.94 bits per heavy atom. The zero-order chi connectivity index (χ0) is 12.8. The largest absolute Gasteiger partial charge is 0.395 e. The number of likely N-dealkylation sites (tertiary alicyclic amines) is 1. The van der Waals surface area contributed by atoms with Crippen molar-refractivity contribution < 1.29 is 15.3 Å². The fraction of sp³-hybridized carbons (Fsp3) is 1.00. The molecule has 102 valence electrons. The van der Waals surface area contributed by atoms with Gasteiger partial charge >= 0.3 is 0 Å². The standard InChI is InChI=1S/C12H25NO3S/c1-3-5-6-13-7-10(17-4-2)12(16)11(15)9(13)8-14/h9-12,14-16H,3-8H2,1-2H3/t9?,10-,11+,12+/m0/s1. The van der Waals surface area contributed by atoms with E-state index in [4.69, 9.17) is 0 Å². The molecule has 4 atom stereocenters. The molecule has 0 aromatic rings. The number of hydrogen-bond acceptors (Lipinski definition) is 5. The van der Waals surface area contributed by atoms with E-state index < -0.39 is 12.2 Å². The number of aliphatic hydroxyl groups is 3. The van der Waals surface area contributed by atoms with Crippen LogP contribution in [0.2, 0.25) is 0 Å². The molecule has 3 N–H and O–H groups in total. The van der Waals surface area contributed by atoms with E-state index >= 15 is 0 Å². The van der Waals surface area contributed by atoms with Crippen LogP contribution in [0, 0.1) is 0 Å². The fourth-order valence-electron chi connectivity index (χ4n) is 2.35. The first-order valence-corrected chi connectivity index (χ1v) is 7.53. The van der Waals surface area contributed by atoms with Crippen LogP contribution in [-0.4, -0.2) is 69.2 Å². The number of rotatable bonds is 6. The maximum Gasteiger partial charge on any atom is 0.0987 e. The molecule has 1 aliphatic heterocycles. The molecular formula is C12H25NO3S. The number of unbranched alkanes of at least 4 members (excludes halogenated alkanes) is 1.